The van der Waals surface area contributed by atoms with Gasteiger partial charge in [0.15, 0.2) is 17.3 Å². The van der Waals surface area contributed by atoms with Crippen LogP contribution in [0.2, 0.25) is 0 Å². The van der Waals surface area contributed by atoms with Gasteiger partial charge in [-0.1, -0.05) is 18.2 Å². The molecule has 0 fully saturated rings. The number of ether oxygens (including phenoxy) is 2. The number of aryl methyl sites for hydroxylation is 1. The van der Waals surface area contributed by atoms with Crippen molar-refractivity contribution in [1.29, 1.82) is 0 Å². The van der Waals surface area contributed by atoms with Gasteiger partial charge in [0.05, 0.1) is 11.2 Å². The van der Waals surface area contributed by atoms with E-state index < -0.39 is 12.0 Å². The Labute approximate surface area is 204 Å². The Morgan fingerprint density at radius 3 is 2.71 bits per heavy atom. The normalized spacial score (nSPS) is 13.5. The number of carbonyl (C=O) groups is 1. The maximum absolute atomic E-state index is 11.2. The number of anilines is 3. The lowest BCUT2D eigenvalue weighted by Gasteiger charge is -2.19. The van der Waals surface area contributed by atoms with Gasteiger partial charge < -0.3 is 25.2 Å². The molecular formula is C25H23BrN4O4. The van der Waals surface area contributed by atoms with Crippen molar-refractivity contribution in [2.45, 2.75) is 13.0 Å². The average molecular weight is 523 g/mol. The minimum atomic E-state index is -0.907. The van der Waals surface area contributed by atoms with Gasteiger partial charge in [-0.2, -0.15) is 5.10 Å². The van der Waals surface area contributed by atoms with Crippen molar-refractivity contribution in [3.63, 3.8) is 0 Å². The van der Waals surface area contributed by atoms with Crippen molar-refractivity contribution in [3.05, 3.63) is 59.1 Å². The zero-order valence-electron chi connectivity index (χ0n) is 18.6. The number of carboxylic acids is 1. The summed E-state index contributed by atoms with van der Waals surface area (Å²) in [4.78, 5) is 11.2. The summed E-state index contributed by atoms with van der Waals surface area (Å²) in [5, 5.41) is 21.2. The van der Waals surface area contributed by atoms with Crippen LogP contribution in [0.4, 0.5) is 17.2 Å². The molecular weight excluding hydrogens is 500 g/mol. The molecule has 1 atom stereocenters. The number of halogens is 1. The summed E-state index contributed by atoms with van der Waals surface area (Å²) >= 11 is 3.76. The highest BCUT2D eigenvalue weighted by atomic mass is 79.9. The molecule has 4 aromatic rings. The van der Waals surface area contributed by atoms with E-state index in [0.29, 0.717) is 19.0 Å². The van der Waals surface area contributed by atoms with Crippen LogP contribution < -0.4 is 20.1 Å². The van der Waals surface area contributed by atoms with E-state index in [4.69, 9.17) is 14.6 Å². The number of benzene rings is 3. The molecule has 2 heterocycles. The van der Waals surface area contributed by atoms with Crippen molar-refractivity contribution >= 4 is 50.0 Å². The smallest absolute Gasteiger partial charge is 0.325 e. The molecule has 1 aliphatic rings. The molecule has 3 N–H and O–H groups in total. The number of hydrogen-bond donors (Lipinski definition) is 3. The number of nitrogens with one attached hydrogen (secondary N) is 2. The molecule has 1 aromatic heterocycles. The van der Waals surface area contributed by atoms with Gasteiger partial charge in [0.1, 0.15) is 19.3 Å². The van der Waals surface area contributed by atoms with Gasteiger partial charge in [-0.05, 0) is 70.4 Å². The van der Waals surface area contributed by atoms with Gasteiger partial charge in [-0.25, -0.2) is 0 Å². The number of hydrogen-bond acceptors (Lipinski definition) is 6. The summed E-state index contributed by atoms with van der Waals surface area (Å²) in [5.41, 5.74) is 4.49. The molecule has 0 saturated heterocycles. The Hall–Kier alpha value is -3.72. The van der Waals surface area contributed by atoms with Crippen LogP contribution >= 0.6 is 15.9 Å². The second kappa shape index (κ2) is 8.90. The van der Waals surface area contributed by atoms with Gasteiger partial charge in [0, 0.05) is 22.6 Å². The number of carboxylic acid groups (broad SMARTS) is 1. The van der Waals surface area contributed by atoms with Crippen molar-refractivity contribution in [1.82, 2.24) is 9.78 Å². The molecule has 0 unspecified atom stereocenters. The fraction of sp³-hybridized carbons (Fsp3) is 0.200. The van der Waals surface area contributed by atoms with Crippen LogP contribution in [-0.2, 0) is 11.8 Å². The van der Waals surface area contributed by atoms with Gasteiger partial charge in [-0.15, -0.1) is 0 Å². The van der Waals surface area contributed by atoms with E-state index in [2.05, 4.69) is 31.7 Å². The number of nitrogens with zero attached hydrogens (tertiary/aromatic N) is 2. The Morgan fingerprint density at radius 1 is 1.12 bits per heavy atom. The Kier molecular flexibility index (Phi) is 5.79. The van der Waals surface area contributed by atoms with Gasteiger partial charge in [0.25, 0.3) is 0 Å². The third kappa shape index (κ3) is 4.14. The van der Waals surface area contributed by atoms with E-state index in [1.54, 1.807) is 11.6 Å². The van der Waals surface area contributed by atoms with E-state index in [9.17, 15) is 4.79 Å². The van der Waals surface area contributed by atoms with E-state index >= 15 is 0 Å². The van der Waals surface area contributed by atoms with Crippen LogP contribution in [0, 0.1) is 0 Å². The standard InChI is InChI=1S/C25H23BrN4O4/c1-14(25(31)32)27-16-7-8-18-20(13-16)30(2)29-24(18)28-19-5-3-4-17(23(19)26)15-6-9-21-22(12-15)34-11-10-33-21/h3-9,12-14,27H,10-11H2,1-2H3,(H,28,29)(H,31,32)/t14-/m0/s1. The molecule has 0 aliphatic carbocycles. The zero-order chi connectivity index (χ0) is 23.8. The monoisotopic (exact) mass is 522 g/mol. The first-order valence-electron chi connectivity index (χ1n) is 10.8. The minimum absolute atomic E-state index is 0.540. The van der Waals surface area contributed by atoms with Gasteiger partial charge in [0.2, 0.25) is 0 Å². The lowest BCUT2D eigenvalue weighted by molar-refractivity contribution is -0.137. The van der Waals surface area contributed by atoms with Crippen LogP contribution in [0.3, 0.4) is 0 Å². The predicted octanol–water partition coefficient (Wildman–Crippen LogP) is 5.40. The van der Waals surface area contributed by atoms with Crippen LogP contribution in [0.15, 0.2) is 59.1 Å². The number of aromatic nitrogens is 2. The van der Waals surface area contributed by atoms with E-state index in [1.165, 1.54) is 0 Å². The Morgan fingerprint density at radius 2 is 1.91 bits per heavy atom. The molecule has 1 aliphatic heterocycles. The summed E-state index contributed by atoms with van der Waals surface area (Å²) in [6, 6.07) is 16.9. The van der Waals surface area contributed by atoms with E-state index in [1.807, 2.05) is 61.6 Å². The fourth-order valence-electron chi connectivity index (χ4n) is 3.94. The first-order valence-corrected chi connectivity index (χ1v) is 11.6. The van der Waals surface area contributed by atoms with E-state index in [-0.39, 0.29) is 0 Å². The molecule has 0 radical (unpaired) electrons. The number of aliphatic carboxylic acids is 1. The summed E-state index contributed by atoms with van der Waals surface area (Å²) in [7, 11) is 1.86. The third-order valence-corrected chi connectivity index (χ3v) is 6.56. The van der Waals surface area contributed by atoms with Crippen molar-refractivity contribution in [2.24, 2.45) is 7.05 Å². The van der Waals surface area contributed by atoms with Crippen molar-refractivity contribution < 1.29 is 19.4 Å². The molecule has 0 bridgehead atoms. The first kappa shape index (κ1) is 22.1. The molecule has 174 valence electrons. The second-order valence-corrected chi connectivity index (χ2v) is 8.85. The molecule has 5 rings (SSSR count). The van der Waals surface area contributed by atoms with Crippen LogP contribution in [0.1, 0.15) is 6.92 Å². The lowest BCUT2D eigenvalue weighted by Crippen LogP contribution is -2.25. The largest absolute Gasteiger partial charge is 0.486 e. The summed E-state index contributed by atoms with van der Waals surface area (Å²) in [5.74, 6) is 1.30. The average Bonchev–Trinajstić information content (AvgIpc) is 3.14. The maximum Gasteiger partial charge on any atom is 0.325 e. The SMILES string of the molecule is C[C@H](Nc1ccc2c(Nc3cccc(-c4ccc5c(c4)OCCO5)c3Br)nn(C)c2c1)C(=O)O. The summed E-state index contributed by atoms with van der Waals surface area (Å²) < 4.78 is 14.1. The quantitative estimate of drug-likeness (QED) is 0.311. The third-order valence-electron chi connectivity index (χ3n) is 5.71. The molecule has 9 heteroatoms. The Balaban J connectivity index is 1.46. The van der Waals surface area contributed by atoms with E-state index in [0.717, 1.165) is 49.4 Å². The van der Waals surface area contributed by atoms with Gasteiger partial charge >= 0.3 is 5.97 Å². The molecule has 0 spiro atoms. The second-order valence-electron chi connectivity index (χ2n) is 8.06. The predicted molar refractivity (Wildman–Crippen MR) is 135 cm³/mol. The minimum Gasteiger partial charge on any atom is -0.486 e. The molecule has 34 heavy (non-hydrogen) atoms. The number of rotatable bonds is 6. The van der Waals surface area contributed by atoms with Crippen LogP contribution in [0.25, 0.3) is 22.0 Å². The fourth-order valence-corrected chi connectivity index (χ4v) is 4.53. The van der Waals surface area contributed by atoms with Crippen molar-refractivity contribution in [2.75, 3.05) is 23.8 Å². The highest BCUT2D eigenvalue weighted by Gasteiger charge is 2.17. The summed E-state index contributed by atoms with van der Waals surface area (Å²) in [6.45, 7) is 2.71. The maximum atomic E-state index is 11.2. The highest BCUT2D eigenvalue weighted by molar-refractivity contribution is 9.10. The van der Waals surface area contributed by atoms with Crippen LogP contribution in [0.5, 0.6) is 11.5 Å². The summed E-state index contributed by atoms with van der Waals surface area (Å²) in [6.07, 6.45) is 0. The molecule has 0 amide bonds. The molecule has 8 nitrogen and oxygen atoms in total. The Bertz CT molecular complexity index is 1400. The molecule has 0 saturated carbocycles. The first-order chi connectivity index (χ1) is 16.4. The van der Waals surface area contributed by atoms with Gasteiger partial charge in [-0.3, -0.25) is 9.48 Å². The topological polar surface area (TPSA) is 97.6 Å². The highest BCUT2D eigenvalue weighted by Crippen LogP contribution is 2.40. The van der Waals surface area contributed by atoms with Crippen molar-refractivity contribution in [3.8, 4) is 22.6 Å². The zero-order valence-corrected chi connectivity index (χ0v) is 20.2. The number of fused-ring (bicyclic) bond motifs is 2. The molecule has 3 aromatic carbocycles. The lowest BCUT2D eigenvalue weighted by atomic mass is 10.0. The van der Waals surface area contributed by atoms with Crippen LogP contribution in [-0.4, -0.2) is 40.1 Å².